The molecule has 4 rings (SSSR count). The molecule has 1 aliphatic rings. The van der Waals surface area contributed by atoms with E-state index in [-0.39, 0.29) is 12.3 Å². The number of benzene rings is 2. The molecule has 0 aliphatic carbocycles. The van der Waals surface area contributed by atoms with E-state index in [4.69, 9.17) is 4.52 Å². The van der Waals surface area contributed by atoms with E-state index in [0.717, 1.165) is 6.07 Å². The number of aromatic nitrogens is 1. The number of hydrogen-bond donors (Lipinski definition) is 1. The van der Waals surface area contributed by atoms with Crippen molar-refractivity contribution in [1.29, 1.82) is 0 Å². The number of rotatable bonds is 4. The maximum absolute atomic E-state index is 13.2. The summed E-state index contributed by atoms with van der Waals surface area (Å²) in [6, 6.07) is 12.1. The molecular formula is C20H15F4N3O2. The molecule has 1 aliphatic heterocycles. The summed E-state index contributed by atoms with van der Waals surface area (Å²) in [5.74, 6) is -1.05. The summed E-state index contributed by atoms with van der Waals surface area (Å²) in [4.78, 5) is 5.69. The van der Waals surface area contributed by atoms with E-state index in [1.807, 2.05) is 0 Å². The number of fused-ring (bicyclic) bond motifs is 1. The van der Waals surface area contributed by atoms with Gasteiger partial charge in [-0.3, -0.25) is 4.99 Å². The number of para-hydroxylation sites is 1. The number of halogens is 4. The predicted molar refractivity (Wildman–Crippen MR) is 95.3 cm³/mol. The molecular weight excluding hydrogens is 390 g/mol. The summed E-state index contributed by atoms with van der Waals surface area (Å²) in [6.07, 6.45) is -4.99. The van der Waals surface area contributed by atoms with Crippen LogP contribution in [0.3, 0.4) is 0 Å². The smallest absolute Gasteiger partial charge is 0.392 e. The minimum atomic E-state index is -4.38. The van der Waals surface area contributed by atoms with Gasteiger partial charge in [-0.15, -0.1) is 0 Å². The molecule has 150 valence electrons. The molecule has 2 aromatic carbocycles. The van der Waals surface area contributed by atoms with E-state index < -0.39 is 30.3 Å². The van der Waals surface area contributed by atoms with Crippen molar-refractivity contribution in [2.45, 2.75) is 25.3 Å². The summed E-state index contributed by atoms with van der Waals surface area (Å²) < 4.78 is 57.5. The van der Waals surface area contributed by atoms with Crippen LogP contribution in [0.2, 0.25) is 0 Å². The first-order valence-electron chi connectivity index (χ1n) is 8.70. The Kier molecular flexibility index (Phi) is 4.73. The third-order valence-electron chi connectivity index (χ3n) is 4.46. The highest BCUT2D eigenvalue weighted by Gasteiger charge is 2.35. The van der Waals surface area contributed by atoms with Crippen molar-refractivity contribution < 1.29 is 27.2 Å². The molecule has 0 spiro atoms. The fraction of sp³-hybridized carbons (Fsp3) is 0.200. The van der Waals surface area contributed by atoms with Gasteiger partial charge in [-0.1, -0.05) is 23.4 Å². The molecule has 3 aromatic rings. The lowest BCUT2D eigenvalue weighted by Crippen LogP contribution is -2.43. The van der Waals surface area contributed by atoms with E-state index in [1.54, 1.807) is 30.5 Å². The second-order valence-corrected chi connectivity index (χ2v) is 6.64. The van der Waals surface area contributed by atoms with Gasteiger partial charge in [-0.2, -0.15) is 13.2 Å². The molecule has 9 heteroatoms. The van der Waals surface area contributed by atoms with E-state index in [0.29, 0.717) is 21.8 Å². The van der Waals surface area contributed by atoms with Crippen molar-refractivity contribution in [2.24, 2.45) is 4.99 Å². The molecule has 2 heterocycles. The molecule has 0 amide bonds. The second-order valence-electron chi connectivity index (χ2n) is 6.64. The SMILES string of the molecule is Oc1cc(-c2cc(CN3C=c4ccccc4=NC3CC(F)(F)F)no2)ccc1F. The predicted octanol–water partition coefficient (Wildman–Crippen LogP) is 3.34. The van der Waals surface area contributed by atoms with Crippen molar-refractivity contribution in [2.75, 3.05) is 0 Å². The van der Waals surface area contributed by atoms with Crippen LogP contribution in [0.15, 0.2) is 58.0 Å². The molecule has 1 aromatic heterocycles. The number of phenolic OH excluding ortho intramolecular Hbond substituents is 1. The van der Waals surface area contributed by atoms with E-state index in [2.05, 4.69) is 10.1 Å². The lowest BCUT2D eigenvalue weighted by molar-refractivity contribution is -0.144. The molecule has 0 fully saturated rings. The molecule has 0 saturated heterocycles. The first-order valence-corrected chi connectivity index (χ1v) is 8.70. The van der Waals surface area contributed by atoms with Crippen LogP contribution in [0.4, 0.5) is 17.6 Å². The van der Waals surface area contributed by atoms with Crippen LogP contribution in [0.5, 0.6) is 5.75 Å². The number of aromatic hydroxyl groups is 1. The molecule has 0 bridgehead atoms. The van der Waals surface area contributed by atoms with E-state index in [1.165, 1.54) is 23.1 Å². The quantitative estimate of drug-likeness (QED) is 0.677. The Morgan fingerprint density at radius 1 is 1.10 bits per heavy atom. The average Bonchev–Trinajstić information content (AvgIpc) is 3.12. The summed E-state index contributed by atoms with van der Waals surface area (Å²) >= 11 is 0. The molecule has 5 nitrogen and oxygen atoms in total. The second kappa shape index (κ2) is 7.23. The van der Waals surface area contributed by atoms with Crippen molar-refractivity contribution in [3.63, 3.8) is 0 Å². The topological polar surface area (TPSA) is 61.9 Å². The van der Waals surface area contributed by atoms with Gasteiger partial charge in [-0.25, -0.2) is 4.39 Å². The zero-order valence-corrected chi connectivity index (χ0v) is 14.9. The number of phenols is 1. The lowest BCUT2D eigenvalue weighted by atomic mass is 10.1. The highest BCUT2D eigenvalue weighted by molar-refractivity contribution is 5.59. The van der Waals surface area contributed by atoms with Gasteiger partial charge in [0.2, 0.25) is 0 Å². The van der Waals surface area contributed by atoms with E-state index >= 15 is 0 Å². The third kappa shape index (κ3) is 4.23. The molecule has 1 unspecified atom stereocenters. The minimum absolute atomic E-state index is 0.0370. The van der Waals surface area contributed by atoms with Crippen molar-refractivity contribution in [3.8, 4) is 17.1 Å². The Balaban J connectivity index is 1.62. The summed E-state index contributed by atoms with van der Waals surface area (Å²) in [6.45, 7) is 0.0370. The van der Waals surface area contributed by atoms with Gasteiger partial charge < -0.3 is 14.5 Å². The van der Waals surface area contributed by atoms with Crippen LogP contribution in [0, 0.1) is 5.82 Å². The summed E-state index contributed by atoms with van der Waals surface area (Å²) in [5.41, 5.74) is 0.772. The van der Waals surface area contributed by atoms with Gasteiger partial charge in [0, 0.05) is 23.0 Å². The molecule has 1 N–H and O–H groups in total. The van der Waals surface area contributed by atoms with Crippen molar-refractivity contribution >= 4 is 6.20 Å². The molecule has 0 saturated carbocycles. The monoisotopic (exact) mass is 405 g/mol. The van der Waals surface area contributed by atoms with Gasteiger partial charge in [0.05, 0.1) is 18.3 Å². The standard InChI is InChI=1S/C20H15F4N3O2/c21-15-6-5-12(7-17(15)28)18-8-14(26-29-18)11-27-10-13-3-1-2-4-16(13)25-19(27)9-20(22,23)24/h1-8,10,19,28H,9,11H2. The maximum atomic E-state index is 13.2. The number of alkyl halides is 3. The highest BCUT2D eigenvalue weighted by Crippen LogP contribution is 2.28. The first-order chi connectivity index (χ1) is 13.8. The zero-order valence-electron chi connectivity index (χ0n) is 14.9. The summed E-state index contributed by atoms with van der Waals surface area (Å²) in [7, 11) is 0. The fourth-order valence-corrected chi connectivity index (χ4v) is 3.11. The van der Waals surface area contributed by atoms with E-state index in [9.17, 15) is 22.7 Å². The van der Waals surface area contributed by atoms with Gasteiger partial charge in [-0.05, 0) is 24.3 Å². The molecule has 0 radical (unpaired) electrons. The molecule has 29 heavy (non-hydrogen) atoms. The Hall–Kier alpha value is -3.36. The van der Waals surface area contributed by atoms with Crippen molar-refractivity contribution in [3.05, 3.63) is 70.6 Å². The zero-order chi connectivity index (χ0) is 20.6. The first kappa shape index (κ1) is 19.0. The van der Waals surface area contributed by atoms with Crippen LogP contribution in [0.1, 0.15) is 12.1 Å². The number of hydrogen-bond acceptors (Lipinski definition) is 5. The van der Waals surface area contributed by atoms with Crippen molar-refractivity contribution in [1.82, 2.24) is 10.1 Å². The van der Waals surface area contributed by atoms with Crippen LogP contribution < -0.4 is 10.6 Å². The van der Waals surface area contributed by atoms with Gasteiger partial charge >= 0.3 is 6.18 Å². The normalized spacial score (nSPS) is 16.1. The van der Waals surface area contributed by atoms with Crippen LogP contribution in [-0.4, -0.2) is 27.5 Å². The summed E-state index contributed by atoms with van der Waals surface area (Å²) in [5, 5.41) is 14.6. The largest absolute Gasteiger partial charge is 0.505 e. The average molecular weight is 405 g/mol. The van der Waals surface area contributed by atoms with Crippen LogP contribution in [0.25, 0.3) is 17.5 Å². The maximum Gasteiger partial charge on any atom is 0.392 e. The van der Waals surface area contributed by atoms with Gasteiger partial charge in [0.25, 0.3) is 0 Å². The Morgan fingerprint density at radius 2 is 1.90 bits per heavy atom. The van der Waals surface area contributed by atoms with Gasteiger partial charge in [0.15, 0.2) is 17.3 Å². The fourth-order valence-electron chi connectivity index (χ4n) is 3.11. The Bertz CT molecular complexity index is 1160. The minimum Gasteiger partial charge on any atom is -0.505 e. The highest BCUT2D eigenvalue weighted by atomic mass is 19.4. The Labute approximate surface area is 162 Å². The number of nitrogens with zero attached hydrogens (tertiary/aromatic N) is 3. The Morgan fingerprint density at radius 3 is 2.66 bits per heavy atom. The van der Waals surface area contributed by atoms with Crippen LogP contribution >= 0.6 is 0 Å². The lowest BCUT2D eigenvalue weighted by Gasteiger charge is -2.29. The molecule has 1 atom stereocenters. The third-order valence-corrected chi connectivity index (χ3v) is 4.46. The van der Waals surface area contributed by atoms with Gasteiger partial charge in [0.1, 0.15) is 11.9 Å². The van der Waals surface area contributed by atoms with Crippen LogP contribution in [-0.2, 0) is 6.54 Å².